The monoisotopic (exact) mass is 291 g/mol. The van der Waals surface area contributed by atoms with E-state index in [4.69, 9.17) is 0 Å². The summed E-state index contributed by atoms with van der Waals surface area (Å²) in [6.45, 7) is 1.78. The molecule has 0 saturated heterocycles. The first-order valence-electron chi connectivity index (χ1n) is 4.76. The fourth-order valence-electron chi connectivity index (χ4n) is 1.18. The number of amides is 1. The van der Waals surface area contributed by atoms with Gasteiger partial charge in [0.1, 0.15) is 17.2 Å². The van der Waals surface area contributed by atoms with Crippen molar-refractivity contribution < 1.29 is 13.6 Å². The van der Waals surface area contributed by atoms with Gasteiger partial charge in [0.05, 0.1) is 0 Å². The van der Waals surface area contributed by atoms with Crippen LogP contribution in [0.3, 0.4) is 0 Å². The average Bonchev–Trinajstić information content (AvgIpc) is 2.26. The second-order valence-corrected chi connectivity index (χ2v) is 4.16. The van der Waals surface area contributed by atoms with E-state index in [0.717, 1.165) is 12.1 Å². The molecule has 1 aromatic carbocycles. The highest BCUT2D eigenvalue weighted by Crippen LogP contribution is 2.15. The first-order valence-corrected chi connectivity index (χ1v) is 5.88. The molecular weight excluding hydrogens is 280 g/mol. The van der Waals surface area contributed by atoms with Crippen LogP contribution >= 0.6 is 15.9 Å². The van der Waals surface area contributed by atoms with E-state index in [1.807, 2.05) is 0 Å². The molecule has 5 heteroatoms. The summed E-state index contributed by atoms with van der Waals surface area (Å²) in [5, 5.41) is 0.547. The highest BCUT2D eigenvalue weighted by molar-refractivity contribution is 9.09. The average molecular weight is 292 g/mol. The van der Waals surface area contributed by atoms with Gasteiger partial charge in [-0.05, 0) is 19.1 Å². The van der Waals surface area contributed by atoms with E-state index in [0.29, 0.717) is 5.33 Å². The predicted molar refractivity (Wildman–Crippen MR) is 61.7 cm³/mol. The summed E-state index contributed by atoms with van der Waals surface area (Å²) < 4.78 is 26.7. The Hall–Kier alpha value is -0.970. The van der Waals surface area contributed by atoms with Crippen LogP contribution in [0.15, 0.2) is 18.2 Å². The van der Waals surface area contributed by atoms with Crippen molar-refractivity contribution in [3.63, 3.8) is 0 Å². The van der Waals surface area contributed by atoms with Crippen molar-refractivity contribution in [1.29, 1.82) is 0 Å². The zero-order valence-electron chi connectivity index (χ0n) is 9.01. The third-order valence-electron chi connectivity index (χ3n) is 2.38. The summed E-state index contributed by atoms with van der Waals surface area (Å²) in [4.78, 5) is 13.1. The number of halogens is 3. The molecule has 0 heterocycles. The van der Waals surface area contributed by atoms with Gasteiger partial charge in [-0.25, -0.2) is 8.78 Å². The lowest BCUT2D eigenvalue weighted by atomic mass is 10.1. The Kier molecular flexibility index (Phi) is 4.41. The molecule has 88 valence electrons. The fraction of sp³-hybridized carbons (Fsp3) is 0.364. The van der Waals surface area contributed by atoms with E-state index < -0.39 is 23.1 Å². The Labute approximate surface area is 101 Å². The molecule has 1 aromatic rings. The molecule has 2 nitrogen and oxygen atoms in total. The first-order chi connectivity index (χ1) is 7.49. The summed E-state index contributed by atoms with van der Waals surface area (Å²) in [5.74, 6) is -2.32. The number of hydrogen-bond acceptors (Lipinski definition) is 1. The van der Waals surface area contributed by atoms with Crippen LogP contribution in [-0.4, -0.2) is 29.2 Å². The molecule has 16 heavy (non-hydrogen) atoms. The van der Waals surface area contributed by atoms with E-state index in [2.05, 4.69) is 15.9 Å². The van der Waals surface area contributed by atoms with Gasteiger partial charge in [0.2, 0.25) is 0 Å². The second kappa shape index (κ2) is 5.39. The van der Waals surface area contributed by atoms with Crippen LogP contribution in [0.2, 0.25) is 0 Å². The number of hydrogen-bond donors (Lipinski definition) is 0. The molecular formula is C11H12BrF2NO. The zero-order chi connectivity index (χ0) is 12.3. The lowest BCUT2D eigenvalue weighted by Gasteiger charge is -2.23. The Balaban J connectivity index is 3.05. The van der Waals surface area contributed by atoms with Gasteiger partial charge < -0.3 is 4.90 Å². The molecule has 0 saturated carbocycles. The lowest BCUT2D eigenvalue weighted by molar-refractivity contribution is 0.0748. The number of rotatable bonds is 3. The van der Waals surface area contributed by atoms with Crippen LogP contribution in [0.4, 0.5) is 8.78 Å². The quantitative estimate of drug-likeness (QED) is 0.784. The summed E-state index contributed by atoms with van der Waals surface area (Å²) >= 11 is 3.21. The number of nitrogens with zero attached hydrogens (tertiary/aromatic N) is 1. The highest BCUT2D eigenvalue weighted by Gasteiger charge is 2.23. The van der Waals surface area contributed by atoms with Crippen LogP contribution < -0.4 is 0 Å². The van der Waals surface area contributed by atoms with Crippen molar-refractivity contribution in [2.75, 3.05) is 12.4 Å². The number of carbonyl (C=O) groups excluding carboxylic acids is 1. The van der Waals surface area contributed by atoms with Crippen molar-refractivity contribution in [3.05, 3.63) is 35.4 Å². The molecule has 0 aliphatic heterocycles. The minimum absolute atomic E-state index is 0.133. The smallest absolute Gasteiger partial charge is 0.259 e. The largest absolute Gasteiger partial charge is 0.338 e. The van der Waals surface area contributed by atoms with Gasteiger partial charge in [-0.1, -0.05) is 22.0 Å². The van der Waals surface area contributed by atoms with Crippen LogP contribution in [0.25, 0.3) is 0 Å². The van der Waals surface area contributed by atoms with Crippen molar-refractivity contribution in [2.45, 2.75) is 13.0 Å². The number of alkyl halides is 1. The number of benzene rings is 1. The molecule has 1 amide bonds. The van der Waals surface area contributed by atoms with E-state index in [1.165, 1.54) is 18.0 Å². The van der Waals surface area contributed by atoms with E-state index in [9.17, 15) is 13.6 Å². The van der Waals surface area contributed by atoms with Crippen molar-refractivity contribution in [1.82, 2.24) is 4.90 Å². The molecule has 0 aliphatic rings. The van der Waals surface area contributed by atoms with E-state index in [-0.39, 0.29) is 6.04 Å². The molecule has 0 spiro atoms. The second-order valence-electron chi connectivity index (χ2n) is 3.52. The Morgan fingerprint density at radius 2 is 1.94 bits per heavy atom. The molecule has 0 aliphatic carbocycles. The Bertz CT molecular complexity index is 377. The molecule has 1 atom stereocenters. The van der Waals surface area contributed by atoms with Crippen LogP contribution in [0.5, 0.6) is 0 Å². The van der Waals surface area contributed by atoms with Gasteiger partial charge in [-0.2, -0.15) is 0 Å². The third-order valence-corrected chi connectivity index (χ3v) is 3.32. The molecule has 1 rings (SSSR count). The maximum absolute atomic E-state index is 13.3. The molecule has 1 unspecified atom stereocenters. The minimum Gasteiger partial charge on any atom is -0.338 e. The van der Waals surface area contributed by atoms with Gasteiger partial charge in [0.15, 0.2) is 0 Å². The fourth-order valence-corrected chi connectivity index (χ4v) is 1.62. The third kappa shape index (κ3) is 2.58. The SMILES string of the molecule is CC(CBr)N(C)C(=O)c1c(F)cccc1F. The van der Waals surface area contributed by atoms with Crippen molar-refractivity contribution in [2.24, 2.45) is 0 Å². The lowest BCUT2D eigenvalue weighted by Crippen LogP contribution is -2.37. The number of carbonyl (C=O) groups is 1. The van der Waals surface area contributed by atoms with Gasteiger partial charge >= 0.3 is 0 Å². The van der Waals surface area contributed by atoms with E-state index >= 15 is 0 Å². The summed E-state index contributed by atoms with van der Waals surface area (Å²) in [6, 6.07) is 3.24. The standard InChI is InChI=1S/C11H12BrF2NO/c1-7(6-12)15(2)11(16)10-8(13)4-3-5-9(10)14/h3-5,7H,6H2,1-2H3. The molecule has 0 N–H and O–H groups in total. The molecule has 0 aromatic heterocycles. The minimum atomic E-state index is -0.835. The van der Waals surface area contributed by atoms with Crippen molar-refractivity contribution >= 4 is 21.8 Å². The highest BCUT2D eigenvalue weighted by atomic mass is 79.9. The molecule has 0 bridgehead atoms. The molecule has 0 radical (unpaired) electrons. The maximum Gasteiger partial charge on any atom is 0.259 e. The van der Waals surface area contributed by atoms with E-state index in [1.54, 1.807) is 6.92 Å². The summed E-state index contributed by atoms with van der Waals surface area (Å²) in [7, 11) is 1.51. The van der Waals surface area contributed by atoms with Gasteiger partial charge in [0.25, 0.3) is 5.91 Å². The summed E-state index contributed by atoms with van der Waals surface area (Å²) in [5.41, 5.74) is -0.502. The maximum atomic E-state index is 13.3. The van der Waals surface area contributed by atoms with Crippen molar-refractivity contribution in [3.8, 4) is 0 Å². The normalized spacial score (nSPS) is 12.3. The van der Waals surface area contributed by atoms with Gasteiger partial charge in [-0.15, -0.1) is 0 Å². The topological polar surface area (TPSA) is 20.3 Å². The predicted octanol–water partition coefficient (Wildman–Crippen LogP) is 2.82. The Morgan fingerprint density at radius 1 is 1.44 bits per heavy atom. The van der Waals surface area contributed by atoms with Crippen LogP contribution in [0.1, 0.15) is 17.3 Å². The molecule has 0 fully saturated rings. The van der Waals surface area contributed by atoms with Gasteiger partial charge in [-0.3, -0.25) is 4.79 Å². The Morgan fingerprint density at radius 3 is 2.38 bits per heavy atom. The summed E-state index contributed by atoms with van der Waals surface area (Å²) in [6.07, 6.45) is 0. The first kappa shape index (κ1) is 13.1. The van der Waals surface area contributed by atoms with Gasteiger partial charge in [0, 0.05) is 18.4 Å². The zero-order valence-corrected chi connectivity index (χ0v) is 10.6. The van der Waals surface area contributed by atoms with Crippen LogP contribution in [-0.2, 0) is 0 Å². The van der Waals surface area contributed by atoms with Crippen LogP contribution in [0, 0.1) is 11.6 Å².